The van der Waals surface area contributed by atoms with E-state index in [1.54, 1.807) is 12.1 Å². The zero-order chi connectivity index (χ0) is 16.2. The Morgan fingerprint density at radius 1 is 1.45 bits per heavy atom. The van der Waals surface area contributed by atoms with Gasteiger partial charge in [0.05, 0.1) is 16.5 Å². The van der Waals surface area contributed by atoms with Crippen molar-refractivity contribution in [1.82, 2.24) is 9.62 Å². The topological polar surface area (TPSA) is 73.2 Å². The van der Waals surface area contributed by atoms with Gasteiger partial charge in [0, 0.05) is 18.6 Å². The molecule has 0 spiro atoms. The smallest absolute Gasteiger partial charge is 0.240 e. The van der Waals surface area contributed by atoms with Crippen LogP contribution in [-0.2, 0) is 10.0 Å². The van der Waals surface area contributed by atoms with E-state index in [4.69, 9.17) is 5.26 Å². The van der Waals surface area contributed by atoms with Gasteiger partial charge < -0.3 is 0 Å². The molecule has 1 aromatic rings. The maximum atomic E-state index is 12.3. The van der Waals surface area contributed by atoms with Gasteiger partial charge in [-0.1, -0.05) is 12.5 Å². The average molecular weight is 321 g/mol. The summed E-state index contributed by atoms with van der Waals surface area (Å²) < 4.78 is 27.3. The number of sulfonamides is 1. The van der Waals surface area contributed by atoms with Gasteiger partial charge in [0.2, 0.25) is 10.0 Å². The molecule has 2 atom stereocenters. The predicted octanol–water partition coefficient (Wildman–Crippen LogP) is 2.10. The molecule has 1 aliphatic heterocycles. The molecule has 1 N–H and O–H groups in total. The molecular weight excluding hydrogens is 298 g/mol. The summed E-state index contributed by atoms with van der Waals surface area (Å²) in [7, 11) is -3.57. The SMILES string of the molecule is C[C@H]1CCCCN1[C@@H](C)CNS(=O)(=O)c1cccc(C#N)c1. The molecule has 1 aromatic carbocycles. The summed E-state index contributed by atoms with van der Waals surface area (Å²) in [5.41, 5.74) is 0.348. The fourth-order valence-corrected chi connectivity index (χ4v) is 4.11. The van der Waals surface area contributed by atoms with Crippen LogP contribution in [0.25, 0.3) is 0 Å². The number of nitriles is 1. The van der Waals surface area contributed by atoms with Crippen LogP contribution in [0.1, 0.15) is 38.7 Å². The van der Waals surface area contributed by atoms with Crippen LogP contribution in [0, 0.1) is 11.3 Å². The molecule has 6 heteroatoms. The molecule has 0 bridgehead atoms. The van der Waals surface area contributed by atoms with Crippen molar-refractivity contribution in [1.29, 1.82) is 5.26 Å². The Morgan fingerprint density at radius 2 is 2.23 bits per heavy atom. The van der Waals surface area contributed by atoms with Crippen molar-refractivity contribution in [3.8, 4) is 6.07 Å². The summed E-state index contributed by atoms with van der Waals surface area (Å²) in [6, 6.07) is 8.71. The molecule has 2 rings (SSSR count). The van der Waals surface area contributed by atoms with E-state index >= 15 is 0 Å². The monoisotopic (exact) mass is 321 g/mol. The van der Waals surface area contributed by atoms with Crippen molar-refractivity contribution >= 4 is 10.0 Å². The highest BCUT2D eigenvalue weighted by atomic mass is 32.2. The quantitative estimate of drug-likeness (QED) is 0.901. The van der Waals surface area contributed by atoms with E-state index in [1.807, 2.05) is 6.07 Å². The van der Waals surface area contributed by atoms with Gasteiger partial charge in [-0.2, -0.15) is 5.26 Å². The Balaban J connectivity index is 2.01. The lowest BCUT2D eigenvalue weighted by atomic mass is 10.0. The van der Waals surface area contributed by atoms with Gasteiger partial charge in [-0.3, -0.25) is 4.90 Å². The number of nitrogens with zero attached hydrogens (tertiary/aromatic N) is 2. The summed E-state index contributed by atoms with van der Waals surface area (Å²) in [5, 5.41) is 8.87. The minimum Gasteiger partial charge on any atom is -0.297 e. The second-order valence-corrected chi connectivity index (χ2v) is 7.69. The van der Waals surface area contributed by atoms with Gasteiger partial charge >= 0.3 is 0 Å². The molecule has 0 radical (unpaired) electrons. The van der Waals surface area contributed by atoms with Crippen LogP contribution in [0.4, 0.5) is 0 Å². The lowest BCUT2D eigenvalue weighted by Gasteiger charge is -2.38. The van der Waals surface area contributed by atoms with Crippen molar-refractivity contribution in [3.05, 3.63) is 29.8 Å². The largest absolute Gasteiger partial charge is 0.297 e. The van der Waals surface area contributed by atoms with Gasteiger partial charge in [-0.05, 0) is 51.4 Å². The molecule has 0 amide bonds. The number of hydrogen-bond donors (Lipinski definition) is 1. The zero-order valence-electron chi connectivity index (χ0n) is 13.1. The molecule has 1 fully saturated rings. The summed E-state index contributed by atoms with van der Waals surface area (Å²) >= 11 is 0. The van der Waals surface area contributed by atoms with Crippen LogP contribution in [0.3, 0.4) is 0 Å². The van der Waals surface area contributed by atoms with Crippen molar-refractivity contribution in [2.45, 2.75) is 50.1 Å². The zero-order valence-corrected chi connectivity index (χ0v) is 13.9. The number of benzene rings is 1. The second-order valence-electron chi connectivity index (χ2n) is 5.92. The van der Waals surface area contributed by atoms with E-state index in [1.165, 1.54) is 31.4 Å². The molecule has 0 saturated carbocycles. The molecule has 0 unspecified atom stereocenters. The number of rotatable bonds is 5. The lowest BCUT2D eigenvalue weighted by molar-refractivity contribution is 0.116. The van der Waals surface area contributed by atoms with Crippen LogP contribution in [0.2, 0.25) is 0 Å². The Labute approximate surface area is 133 Å². The Hall–Kier alpha value is -1.42. The molecule has 1 saturated heterocycles. The summed E-state index contributed by atoms with van der Waals surface area (Å²) in [6.45, 7) is 5.65. The van der Waals surface area contributed by atoms with Crippen LogP contribution in [0.5, 0.6) is 0 Å². The third-order valence-electron chi connectivity index (χ3n) is 4.26. The first-order valence-electron chi connectivity index (χ1n) is 7.69. The van der Waals surface area contributed by atoms with E-state index in [0.717, 1.165) is 6.54 Å². The first-order valence-corrected chi connectivity index (χ1v) is 9.18. The Morgan fingerprint density at radius 3 is 2.91 bits per heavy atom. The molecular formula is C16H23N3O2S. The fourth-order valence-electron chi connectivity index (χ4n) is 2.94. The van der Waals surface area contributed by atoms with Crippen LogP contribution >= 0.6 is 0 Å². The van der Waals surface area contributed by atoms with Crippen LogP contribution in [0.15, 0.2) is 29.2 Å². The number of piperidine rings is 1. The number of nitrogens with one attached hydrogen (secondary N) is 1. The standard InChI is InChI=1S/C16H23N3O2S/c1-13-6-3-4-9-19(13)14(2)12-18-22(20,21)16-8-5-7-15(10-16)11-17/h5,7-8,10,13-14,18H,3-4,6,9,12H2,1-2H3/t13-,14-/m0/s1. The fraction of sp³-hybridized carbons (Fsp3) is 0.562. The normalized spacial score (nSPS) is 21.2. The van der Waals surface area contributed by atoms with E-state index in [0.29, 0.717) is 18.2 Å². The van der Waals surface area contributed by atoms with E-state index in [9.17, 15) is 8.42 Å². The minimum atomic E-state index is -3.57. The van der Waals surface area contributed by atoms with E-state index < -0.39 is 10.0 Å². The summed E-state index contributed by atoms with van der Waals surface area (Å²) in [5.74, 6) is 0. The molecule has 22 heavy (non-hydrogen) atoms. The van der Waals surface area contributed by atoms with Gasteiger partial charge in [-0.15, -0.1) is 0 Å². The molecule has 120 valence electrons. The van der Waals surface area contributed by atoms with Crippen molar-refractivity contribution < 1.29 is 8.42 Å². The summed E-state index contributed by atoms with van der Waals surface area (Å²) in [4.78, 5) is 2.50. The maximum absolute atomic E-state index is 12.3. The van der Waals surface area contributed by atoms with Crippen molar-refractivity contribution in [2.24, 2.45) is 0 Å². The third kappa shape index (κ3) is 4.07. The number of likely N-dealkylation sites (tertiary alicyclic amines) is 1. The highest BCUT2D eigenvalue weighted by Gasteiger charge is 2.24. The van der Waals surface area contributed by atoms with Crippen molar-refractivity contribution in [3.63, 3.8) is 0 Å². The Kier molecular flexibility index (Phi) is 5.57. The van der Waals surface area contributed by atoms with Gasteiger partial charge in [0.1, 0.15) is 0 Å². The summed E-state index contributed by atoms with van der Waals surface area (Å²) in [6.07, 6.45) is 3.59. The first kappa shape index (κ1) is 16.9. The third-order valence-corrected chi connectivity index (χ3v) is 5.68. The molecule has 0 aliphatic carbocycles. The van der Waals surface area contributed by atoms with E-state index in [-0.39, 0.29) is 10.9 Å². The maximum Gasteiger partial charge on any atom is 0.240 e. The minimum absolute atomic E-state index is 0.144. The lowest BCUT2D eigenvalue weighted by Crippen LogP contribution is -2.48. The molecule has 1 aliphatic rings. The van der Waals surface area contributed by atoms with Crippen LogP contribution in [-0.4, -0.2) is 38.5 Å². The first-order chi connectivity index (χ1) is 10.4. The van der Waals surface area contributed by atoms with Crippen LogP contribution < -0.4 is 4.72 Å². The molecule has 1 heterocycles. The molecule has 5 nitrogen and oxygen atoms in total. The molecule has 0 aromatic heterocycles. The van der Waals surface area contributed by atoms with Gasteiger partial charge in [0.25, 0.3) is 0 Å². The average Bonchev–Trinajstić information content (AvgIpc) is 2.53. The second kappa shape index (κ2) is 7.23. The van der Waals surface area contributed by atoms with Crippen molar-refractivity contribution in [2.75, 3.05) is 13.1 Å². The van der Waals surface area contributed by atoms with E-state index in [2.05, 4.69) is 23.5 Å². The highest BCUT2D eigenvalue weighted by Crippen LogP contribution is 2.19. The Bertz CT molecular complexity index is 652. The van der Waals surface area contributed by atoms with Gasteiger partial charge in [-0.25, -0.2) is 13.1 Å². The number of hydrogen-bond acceptors (Lipinski definition) is 4. The van der Waals surface area contributed by atoms with Gasteiger partial charge in [0.15, 0.2) is 0 Å². The predicted molar refractivity (Wildman–Crippen MR) is 85.8 cm³/mol. The highest BCUT2D eigenvalue weighted by molar-refractivity contribution is 7.89.